The Kier molecular flexibility index (Phi) is 3.73. The molecule has 1 aromatic rings. The highest BCUT2D eigenvalue weighted by Gasteiger charge is 2.32. The van der Waals surface area contributed by atoms with Gasteiger partial charge in [0.2, 0.25) is 0 Å². The molecule has 1 heterocycles. The van der Waals surface area contributed by atoms with Crippen molar-refractivity contribution in [2.75, 3.05) is 6.61 Å². The van der Waals surface area contributed by atoms with Crippen molar-refractivity contribution in [2.45, 2.75) is 50.0 Å². The standard InChI is InChI=1S/C14H20O4S/c1-10-4-5-13(19(15,16)17)12(8-10)11-6-7-18-14(2,3)9-11/h4-5,8,11H,6-7,9H2,1-3H3,(H,15,16,17). The molecule has 1 atom stereocenters. The molecule has 0 aromatic heterocycles. The van der Waals surface area contributed by atoms with Crippen LogP contribution in [0.4, 0.5) is 0 Å². The summed E-state index contributed by atoms with van der Waals surface area (Å²) in [5.41, 5.74) is 1.44. The first-order chi connectivity index (χ1) is 8.69. The minimum atomic E-state index is -4.18. The van der Waals surface area contributed by atoms with Gasteiger partial charge in [0.05, 0.1) is 10.5 Å². The lowest BCUT2D eigenvalue weighted by molar-refractivity contribution is -0.0596. The second kappa shape index (κ2) is 4.89. The van der Waals surface area contributed by atoms with Crippen LogP contribution < -0.4 is 0 Å². The molecule has 1 aromatic carbocycles. The first-order valence-electron chi connectivity index (χ1n) is 6.41. The fraction of sp³-hybridized carbons (Fsp3) is 0.571. The van der Waals surface area contributed by atoms with Gasteiger partial charge in [0.25, 0.3) is 10.1 Å². The fourth-order valence-corrected chi connectivity index (χ4v) is 3.48. The van der Waals surface area contributed by atoms with Gasteiger partial charge in [-0.2, -0.15) is 8.42 Å². The van der Waals surface area contributed by atoms with E-state index in [1.165, 1.54) is 6.07 Å². The quantitative estimate of drug-likeness (QED) is 0.848. The Balaban J connectivity index is 2.46. The van der Waals surface area contributed by atoms with Gasteiger partial charge in [-0.15, -0.1) is 0 Å². The molecule has 2 rings (SSSR count). The number of benzene rings is 1. The molecule has 106 valence electrons. The molecule has 0 bridgehead atoms. The second-order valence-corrected chi connectivity index (χ2v) is 7.20. The average Bonchev–Trinajstić information content (AvgIpc) is 2.25. The van der Waals surface area contributed by atoms with E-state index < -0.39 is 10.1 Å². The molecule has 1 fully saturated rings. The molecule has 0 aliphatic carbocycles. The van der Waals surface area contributed by atoms with E-state index in [4.69, 9.17) is 4.74 Å². The van der Waals surface area contributed by atoms with E-state index in [1.54, 1.807) is 6.07 Å². The lowest BCUT2D eigenvalue weighted by atomic mass is 9.83. The average molecular weight is 284 g/mol. The van der Waals surface area contributed by atoms with Gasteiger partial charge >= 0.3 is 0 Å². The van der Waals surface area contributed by atoms with Crippen molar-refractivity contribution < 1.29 is 17.7 Å². The van der Waals surface area contributed by atoms with E-state index in [-0.39, 0.29) is 16.4 Å². The van der Waals surface area contributed by atoms with Crippen molar-refractivity contribution in [1.82, 2.24) is 0 Å². The third-order valence-corrected chi connectivity index (χ3v) is 4.51. The van der Waals surface area contributed by atoms with Crippen LogP contribution in [0.3, 0.4) is 0 Å². The molecule has 0 spiro atoms. The van der Waals surface area contributed by atoms with Crippen LogP contribution >= 0.6 is 0 Å². The molecule has 5 heteroatoms. The maximum Gasteiger partial charge on any atom is 0.294 e. The molecule has 1 N–H and O–H groups in total. The summed E-state index contributed by atoms with van der Waals surface area (Å²) in [4.78, 5) is 0.0285. The first-order valence-corrected chi connectivity index (χ1v) is 7.85. The summed E-state index contributed by atoms with van der Waals surface area (Å²) in [6.45, 7) is 6.53. The summed E-state index contributed by atoms with van der Waals surface area (Å²) in [6.07, 6.45) is 1.52. The van der Waals surface area contributed by atoms with Crippen molar-refractivity contribution in [3.05, 3.63) is 29.3 Å². The van der Waals surface area contributed by atoms with E-state index in [1.807, 2.05) is 26.8 Å². The molecule has 19 heavy (non-hydrogen) atoms. The molecule has 0 saturated carbocycles. The van der Waals surface area contributed by atoms with Crippen LogP contribution in [-0.2, 0) is 14.9 Å². The van der Waals surface area contributed by atoms with Crippen LogP contribution in [-0.4, -0.2) is 25.2 Å². The Hall–Kier alpha value is -0.910. The maximum atomic E-state index is 11.5. The lowest BCUT2D eigenvalue weighted by Gasteiger charge is -2.36. The molecule has 0 radical (unpaired) electrons. The summed E-state index contributed by atoms with van der Waals surface area (Å²) in [6, 6.07) is 5.05. The Labute approximate surface area is 114 Å². The van der Waals surface area contributed by atoms with E-state index in [9.17, 15) is 13.0 Å². The number of hydrogen-bond acceptors (Lipinski definition) is 3. The van der Waals surface area contributed by atoms with Gasteiger partial charge in [0.15, 0.2) is 0 Å². The lowest BCUT2D eigenvalue weighted by Crippen LogP contribution is -2.33. The number of aryl methyl sites for hydroxylation is 1. The van der Waals surface area contributed by atoms with E-state index in [0.29, 0.717) is 12.2 Å². The minimum absolute atomic E-state index is 0.0285. The Bertz CT molecular complexity index is 575. The zero-order chi connectivity index (χ0) is 14.3. The number of hydrogen-bond donors (Lipinski definition) is 1. The van der Waals surface area contributed by atoms with Gasteiger partial charge in [-0.25, -0.2) is 0 Å². The van der Waals surface area contributed by atoms with Gasteiger partial charge in [0.1, 0.15) is 0 Å². The molecular weight excluding hydrogens is 264 g/mol. The van der Waals surface area contributed by atoms with Crippen molar-refractivity contribution >= 4 is 10.1 Å². The normalized spacial score (nSPS) is 23.3. The largest absolute Gasteiger partial charge is 0.376 e. The number of rotatable bonds is 2. The van der Waals surface area contributed by atoms with Crippen molar-refractivity contribution in [3.63, 3.8) is 0 Å². The van der Waals surface area contributed by atoms with Crippen molar-refractivity contribution in [2.24, 2.45) is 0 Å². The van der Waals surface area contributed by atoms with Gasteiger partial charge in [-0.3, -0.25) is 4.55 Å². The smallest absolute Gasteiger partial charge is 0.294 e. The van der Waals surface area contributed by atoms with Gasteiger partial charge < -0.3 is 4.74 Å². The third kappa shape index (κ3) is 3.35. The van der Waals surface area contributed by atoms with Crippen LogP contribution in [0.1, 0.15) is 43.7 Å². The third-order valence-electron chi connectivity index (χ3n) is 3.58. The highest BCUT2D eigenvalue weighted by Crippen LogP contribution is 2.38. The van der Waals surface area contributed by atoms with Crippen LogP contribution in [0.25, 0.3) is 0 Å². The summed E-state index contributed by atoms with van der Waals surface area (Å²) >= 11 is 0. The predicted molar refractivity (Wildman–Crippen MR) is 73.0 cm³/mol. The zero-order valence-electron chi connectivity index (χ0n) is 11.5. The summed E-state index contributed by atoms with van der Waals surface area (Å²) in [5.74, 6) is 0.0978. The first kappa shape index (κ1) is 14.5. The summed E-state index contributed by atoms with van der Waals surface area (Å²) in [5, 5.41) is 0. The SMILES string of the molecule is Cc1ccc(S(=O)(=O)O)c(C2CCOC(C)(C)C2)c1. The highest BCUT2D eigenvalue weighted by molar-refractivity contribution is 7.85. The van der Waals surface area contributed by atoms with E-state index >= 15 is 0 Å². The monoisotopic (exact) mass is 284 g/mol. The summed E-state index contributed by atoms with van der Waals surface area (Å²) in [7, 11) is -4.18. The summed E-state index contributed by atoms with van der Waals surface area (Å²) < 4.78 is 38.0. The van der Waals surface area contributed by atoms with E-state index in [2.05, 4.69) is 0 Å². The molecule has 1 aliphatic heterocycles. The van der Waals surface area contributed by atoms with Crippen LogP contribution in [0.5, 0.6) is 0 Å². The van der Waals surface area contributed by atoms with E-state index in [0.717, 1.165) is 18.4 Å². The maximum absolute atomic E-state index is 11.5. The second-order valence-electron chi connectivity index (χ2n) is 5.81. The van der Waals surface area contributed by atoms with Crippen molar-refractivity contribution in [1.29, 1.82) is 0 Å². The molecule has 0 amide bonds. The Morgan fingerprint density at radius 2 is 2.05 bits per heavy atom. The van der Waals surface area contributed by atoms with Crippen molar-refractivity contribution in [3.8, 4) is 0 Å². The molecule has 1 aliphatic rings. The fourth-order valence-electron chi connectivity index (χ4n) is 2.72. The van der Waals surface area contributed by atoms with Crippen LogP contribution in [0.2, 0.25) is 0 Å². The van der Waals surface area contributed by atoms with Crippen LogP contribution in [0, 0.1) is 6.92 Å². The Morgan fingerprint density at radius 1 is 1.37 bits per heavy atom. The zero-order valence-corrected chi connectivity index (χ0v) is 12.3. The molecular formula is C14H20O4S. The topological polar surface area (TPSA) is 63.6 Å². The van der Waals surface area contributed by atoms with Gasteiger partial charge in [-0.05, 0) is 51.2 Å². The van der Waals surface area contributed by atoms with Crippen LogP contribution in [0.15, 0.2) is 23.1 Å². The minimum Gasteiger partial charge on any atom is -0.376 e. The number of ether oxygens (including phenoxy) is 1. The van der Waals surface area contributed by atoms with Gasteiger partial charge in [-0.1, -0.05) is 17.7 Å². The predicted octanol–water partition coefficient (Wildman–Crippen LogP) is 2.91. The molecule has 1 saturated heterocycles. The highest BCUT2D eigenvalue weighted by atomic mass is 32.2. The Morgan fingerprint density at radius 3 is 2.63 bits per heavy atom. The van der Waals surface area contributed by atoms with Gasteiger partial charge in [0, 0.05) is 6.61 Å². The molecule has 4 nitrogen and oxygen atoms in total. The molecule has 1 unspecified atom stereocenters.